The molecule has 0 saturated carbocycles. The molecule has 0 radical (unpaired) electrons. The number of anilines is 1. The van der Waals surface area contributed by atoms with Crippen LogP contribution in [-0.2, 0) is 4.79 Å². The molecule has 1 unspecified atom stereocenters. The predicted molar refractivity (Wildman–Crippen MR) is 108 cm³/mol. The number of ether oxygens (including phenoxy) is 1. The first-order chi connectivity index (χ1) is 12.3. The van der Waals surface area contributed by atoms with Gasteiger partial charge in [-0.15, -0.1) is 0 Å². The van der Waals surface area contributed by atoms with E-state index in [1.807, 2.05) is 51.1 Å². The summed E-state index contributed by atoms with van der Waals surface area (Å²) >= 11 is 3.41. The molecule has 3 N–H and O–H groups in total. The Hall–Kier alpha value is -2.05. The van der Waals surface area contributed by atoms with Crippen LogP contribution in [0.4, 0.5) is 5.69 Å². The van der Waals surface area contributed by atoms with Gasteiger partial charge in [0.15, 0.2) is 0 Å². The van der Waals surface area contributed by atoms with E-state index in [1.54, 1.807) is 12.1 Å². The zero-order valence-corrected chi connectivity index (χ0v) is 16.8. The van der Waals surface area contributed by atoms with Crippen molar-refractivity contribution < 1.29 is 14.6 Å². The highest BCUT2D eigenvalue weighted by molar-refractivity contribution is 9.10. The number of hydrogen-bond acceptors (Lipinski definition) is 4. The van der Waals surface area contributed by atoms with Crippen molar-refractivity contribution in [3.05, 3.63) is 58.1 Å². The average molecular weight is 421 g/mol. The number of aliphatic hydroxyl groups is 1. The summed E-state index contributed by atoms with van der Waals surface area (Å²) in [6.45, 7) is 6.20. The SMILES string of the molecule is Cc1cc(Br)ccc1NCC(=O)NCC(O)c1ccc(OC(C)C)cc1. The van der Waals surface area contributed by atoms with Crippen LogP contribution >= 0.6 is 15.9 Å². The van der Waals surface area contributed by atoms with E-state index >= 15 is 0 Å². The second-order valence-electron chi connectivity index (χ2n) is 6.37. The molecule has 0 aliphatic carbocycles. The molecule has 0 fully saturated rings. The van der Waals surface area contributed by atoms with Crippen molar-refractivity contribution in [2.45, 2.75) is 33.0 Å². The first-order valence-electron chi connectivity index (χ1n) is 8.56. The van der Waals surface area contributed by atoms with E-state index in [4.69, 9.17) is 4.74 Å². The van der Waals surface area contributed by atoms with Gasteiger partial charge in [0.05, 0.1) is 18.8 Å². The molecule has 5 nitrogen and oxygen atoms in total. The van der Waals surface area contributed by atoms with E-state index in [0.29, 0.717) is 0 Å². The van der Waals surface area contributed by atoms with Gasteiger partial charge in [-0.2, -0.15) is 0 Å². The van der Waals surface area contributed by atoms with Crippen molar-refractivity contribution in [2.24, 2.45) is 0 Å². The van der Waals surface area contributed by atoms with Crippen LogP contribution in [0.15, 0.2) is 46.9 Å². The molecule has 0 spiro atoms. The van der Waals surface area contributed by atoms with Crippen LogP contribution in [0.3, 0.4) is 0 Å². The Balaban J connectivity index is 1.79. The molecule has 0 heterocycles. The summed E-state index contributed by atoms with van der Waals surface area (Å²) in [7, 11) is 0. The second kappa shape index (κ2) is 9.59. The largest absolute Gasteiger partial charge is 0.491 e. The Morgan fingerprint density at radius 3 is 2.50 bits per heavy atom. The number of aliphatic hydroxyl groups excluding tert-OH is 1. The molecule has 0 aliphatic rings. The number of halogens is 1. The van der Waals surface area contributed by atoms with Gasteiger partial charge in [0.2, 0.25) is 5.91 Å². The molecule has 2 rings (SSSR count). The number of benzene rings is 2. The van der Waals surface area contributed by atoms with E-state index < -0.39 is 6.10 Å². The normalized spacial score (nSPS) is 11.9. The highest BCUT2D eigenvalue weighted by Gasteiger charge is 2.10. The lowest BCUT2D eigenvalue weighted by molar-refractivity contribution is -0.119. The monoisotopic (exact) mass is 420 g/mol. The van der Waals surface area contributed by atoms with Gasteiger partial charge in [-0.3, -0.25) is 4.79 Å². The predicted octanol–water partition coefficient (Wildman–Crippen LogP) is 3.81. The van der Waals surface area contributed by atoms with Crippen molar-refractivity contribution in [1.29, 1.82) is 0 Å². The number of hydrogen-bond donors (Lipinski definition) is 3. The molecule has 26 heavy (non-hydrogen) atoms. The van der Waals surface area contributed by atoms with Crippen LogP contribution in [0.5, 0.6) is 5.75 Å². The van der Waals surface area contributed by atoms with Crippen LogP contribution in [0.1, 0.15) is 31.1 Å². The molecule has 0 aromatic heterocycles. The standard InChI is InChI=1S/C20H25BrN2O3/c1-13(2)26-17-7-4-15(5-8-17)19(24)11-23-20(25)12-22-18-9-6-16(21)10-14(18)3/h4-10,13,19,22,24H,11-12H2,1-3H3,(H,23,25). The summed E-state index contributed by atoms with van der Waals surface area (Å²) in [5.41, 5.74) is 2.69. The topological polar surface area (TPSA) is 70.6 Å². The smallest absolute Gasteiger partial charge is 0.239 e. The van der Waals surface area contributed by atoms with Gasteiger partial charge in [0, 0.05) is 16.7 Å². The van der Waals surface area contributed by atoms with Crippen LogP contribution in [0.25, 0.3) is 0 Å². The van der Waals surface area contributed by atoms with Gasteiger partial charge < -0.3 is 20.5 Å². The number of carbonyl (C=O) groups excluding carboxylic acids is 1. The summed E-state index contributed by atoms with van der Waals surface area (Å²) in [6, 6.07) is 13.1. The van der Waals surface area contributed by atoms with Gasteiger partial charge in [0.1, 0.15) is 5.75 Å². The third kappa shape index (κ3) is 6.35. The van der Waals surface area contributed by atoms with Crippen molar-refractivity contribution in [3.63, 3.8) is 0 Å². The molecule has 6 heteroatoms. The van der Waals surface area contributed by atoms with Gasteiger partial charge >= 0.3 is 0 Å². The van der Waals surface area contributed by atoms with Crippen LogP contribution in [0.2, 0.25) is 0 Å². The fourth-order valence-corrected chi connectivity index (χ4v) is 2.91. The Morgan fingerprint density at radius 2 is 1.88 bits per heavy atom. The zero-order valence-electron chi connectivity index (χ0n) is 15.3. The average Bonchev–Trinajstić information content (AvgIpc) is 2.59. The minimum absolute atomic E-state index is 0.104. The summed E-state index contributed by atoms with van der Waals surface area (Å²) in [6.07, 6.45) is -0.659. The Bertz CT molecular complexity index is 732. The summed E-state index contributed by atoms with van der Waals surface area (Å²) in [4.78, 5) is 12.0. The molecule has 2 aromatic rings. The zero-order chi connectivity index (χ0) is 19.1. The third-order valence-corrected chi connectivity index (χ3v) is 4.25. The molecule has 2 aromatic carbocycles. The van der Waals surface area contributed by atoms with E-state index in [0.717, 1.165) is 27.0 Å². The van der Waals surface area contributed by atoms with Crippen molar-refractivity contribution >= 4 is 27.5 Å². The minimum Gasteiger partial charge on any atom is -0.491 e. The quantitative estimate of drug-likeness (QED) is 0.607. The number of carbonyl (C=O) groups is 1. The maximum Gasteiger partial charge on any atom is 0.239 e. The summed E-state index contributed by atoms with van der Waals surface area (Å²) in [5, 5.41) is 16.1. The van der Waals surface area contributed by atoms with E-state index in [9.17, 15) is 9.90 Å². The summed E-state index contributed by atoms with van der Waals surface area (Å²) in [5.74, 6) is 0.584. The lowest BCUT2D eigenvalue weighted by atomic mass is 10.1. The van der Waals surface area contributed by atoms with Crippen LogP contribution in [-0.4, -0.2) is 30.2 Å². The number of aryl methyl sites for hydroxylation is 1. The minimum atomic E-state index is -0.763. The van der Waals surface area contributed by atoms with Gasteiger partial charge in [-0.1, -0.05) is 28.1 Å². The molecular weight excluding hydrogens is 396 g/mol. The highest BCUT2D eigenvalue weighted by Crippen LogP contribution is 2.20. The molecule has 0 aliphatic heterocycles. The first-order valence-corrected chi connectivity index (χ1v) is 9.36. The second-order valence-corrected chi connectivity index (χ2v) is 7.28. The molecule has 1 atom stereocenters. The molecule has 140 valence electrons. The fourth-order valence-electron chi connectivity index (χ4n) is 2.43. The third-order valence-electron chi connectivity index (χ3n) is 3.76. The lowest BCUT2D eigenvalue weighted by Gasteiger charge is -2.15. The van der Waals surface area contributed by atoms with Crippen molar-refractivity contribution in [2.75, 3.05) is 18.4 Å². The van der Waals surface area contributed by atoms with Crippen LogP contribution < -0.4 is 15.4 Å². The van der Waals surface area contributed by atoms with Crippen LogP contribution in [0, 0.1) is 6.92 Å². The number of nitrogens with one attached hydrogen (secondary N) is 2. The van der Waals surface area contributed by atoms with Gasteiger partial charge in [-0.05, 0) is 62.2 Å². The number of amides is 1. The Kier molecular flexibility index (Phi) is 7.48. The highest BCUT2D eigenvalue weighted by atomic mass is 79.9. The molecular formula is C20H25BrN2O3. The van der Waals surface area contributed by atoms with Crippen molar-refractivity contribution in [1.82, 2.24) is 5.32 Å². The molecule has 1 amide bonds. The fraction of sp³-hybridized carbons (Fsp3) is 0.350. The first kappa shape index (κ1) is 20.3. The van der Waals surface area contributed by atoms with Gasteiger partial charge in [-0.25, -0.2) is 0 Å². The number of rotatable bonds is 8. The Morgan fingerprint density at radius 1 is 1.19 bits per heavy atom. The maximum absolute atomic E-state index is 12.0. The Labute approximate surface area is 162 Å². The molecule has 0 bridgehead atoms. The van der Waals surface area contributed by atoms with Gasteiger partial charge in [0.25, 0.3) is 0 Å². The maximum atomic E-state index is 12.0. The van der Waals surface area contributed by atoms with E-state index in [2.05, 4.69) is 26.6 Å². The van der Waals surface area contributed by atoms with E-state index in [-0.39, 0.29) is 25.1 Å². The van der Waals surface area contributed by atoms with Crippen molar-refractivity contribution in [3.8, 4) is 5.75 Å². The lowest BCUT2D eigenvalue weighted by Crippen LogP contribution is -2.33. The summed E-state index contributed by atoms with van der Waals surface area (Å²) < 4.78 is 6.57. The van der Waals surface area contributed by atoms with E-state index in [1.165, 1.54) is 0 Å². The molecule has 0 saturated heterocycles.